The van der Waals surface area contributed by atoms with E-state index < -0.39 is 0 Å². The van der Waals surface area contributed by atoms with Crippen LogP contribution in [0, 0.1) is 5.41 Å². The van der Waals surface area contributed by atoms with Crippen molar-refractivity contribution in [3.63, 3.8) is 0 Å². The molecule has 0 aliphatic heterocycles. The summed E-state index contributed by atoms with van der Waals surface area (Å²) in [4.78, 5) is 0. The highest BCUT2D eigenvalue weighted by molar-refractivity contribution is 4.84. The first-order valence-corrected chi connectivity index (χ1v) is 4.49. The van der Waals surface area contributed by atoms with Gasteiger partial charge in [-0.05, 0) is 31.6 Å². The minimum atomic E-state index is 0.161. The summed E-state index contributed by atoms with van der Waals surface area (Å²) in [5.74, 6) is 0. The summed E-state index contributed by atoms with van der Waals surface area (Å²) in [6.07, 6.45) is 2.95. The standard InChI is InChI=1S/C9H21NO/c1-4-9(5-2,6-7-11)8(3)10/h8,11H,4-7,10H2,1-3H3. The van der Waals surface area contributed by atoms with Gasteiger partial charge in [0.2, 0.25) is 0 Å². The molecule has 0 aromatic rings. The average molecular weight is 159 g/mol. The Morgan fingerprint density at radius 1 is 1.36 bits per heavy atom. The second-order valence-corrected chi connectivity index (χ2v) is 3.33. The van der Waals surface area contributed by atoms with Crippen molar-refractivity contribution in [3.8, 4) is 0 Å². The zero-order chi connectivity index (χ0) is 8.91. The van der Waals surface area contributed by atoms with E-state index in [1.165, 1.54) is 0 Å². The molecule has 1 atom stereocenters. The van der Waals surface area contributed by atoms with Crippen molar-refractivity contribution >= 4 is 0 Å². The lowest BCUT2D eigenvalue weighted by Crippen LogP contribution is -2.39. The molecule has 0 bridgehead atoms. The van der Waals surface area contributed by atoms with Crippen molar-refractivity contribution < 1.29 is 5.11 Å². The Hall–Kier alpha value is -0.0800. The van der Waals surface area contributed by atoms with Crippen molar-refractivity contribution in [1.29, 1.82) is 0 Å². The van der Waals surface area contributed by atoms with E-state index in [1.54, 1.807) is 0 Å². The molecular weight excluding hydrogens is 138 g/mol. The molecule has 0 aliphatic carbocycles. The Morgan fingerprint density at radius 2 is 1.82 bits per heavy atom. The summed E-state index contributed by atoms with van der Waals surface area (Å²) in [5, 5.41) is 8.86. The van der Waals surface area contributed by atoms with E-state index in [2.05, 4.69) is 13.8 Å². The largest absolute Gasteiger partial charge is 0.396 e. The molecule has 3 N–H and O–H groups in total. The smallest absolute Gasteiger partial charge is 0.0436 e. The molecule has 68 valence electrons. The second-order valence-electron chi connectivity index (χ2n) is 3.33. The Morgan fingerprint density at radius 3 is 1.91 bits per heavy atom. The molecule has 0 aromatic carbocycles. The molecule has 2 heteroatoms. The third-order valence-corrected chi connectivity index (χ3v) is 2.98. The number of aliphatic hydroxyl groups is 1. The molecule has 0 rings (SSSR count). The van der Waals surface area contributed by atoms with Crippen LogP contribution >= 0.6 is 0 Å². The zero-order valence-corrected chi connectivity index (χ0v) is 7.93. The first-order valence-electron chi connectivity index (χ1n) is 4.49. The van der Waals surface area contributed by atoms with Gasteiger partial charge in [0.15, 0.2) is 0 Å². The minimum absolute atomic E-state index is 0.161. The van der Waals surface area contributed by atoms with Crippen LogP contribution in [0.1, 0.15) is 40.0 Å². The summed E-state index contributed by atoms with van der Waals surface area (Å²) in [7, 11) is 0. The lowest BCUT2D eigenvalue weighted by molar-refractivity contribution is 0.142. The Balaban J connectivity index is 4.20. The van der Waals surface area contributed by atoms with Crippen LogP contribution in [0.25, 0.3) is 0 Å². The third-order valence-electron chi connectivity index (χ3n) is 2.98. The fraction of sp³-hybridized carbons (Fsp3) is 1.00. The quantitative estimate of drug-likeness (QED) is 0.639. The molecule has 0 aliphatic rings. The maximum Gasteiger partial charge on any atom is 0.0436 e. The van der Waals surface area contributed by atoms with Gasteiger partial charge in [-0.25, -0.2) is 0 Å². The predicted molar refractivity (Wildman–Crippen MR) is 48.4 cm³/mol. The minimum Gasteiger partial charge on any atom is -0.396 e. The number of aliphatic hydroxyl groups excluding tert-OH is 1. The SMILES string of the molecule is CCC(CC)(CCO)C(C)N. The van der Waals surface area contributed by atoms with E-state index in [4.69, 9.17) is 10.8 Å². The molecule has 0 amide bonds. The molecule has 0 saturated carbocycles. The van der Waals surface area contributed by atoms with Gasteiger partial charge in [-0.15, -0.1) is 0 Å². The van der Waals surface area contributed by atoms with Crippen molar-refractivity contribution in [2.24, 2.45) is 11.1 Å². The first-order chi connectivity index (χ1) is 5.13. The van der Waals surface area contributed by atoms with Gasteiger partial charge >= 0.3 is 0 Å². The third kappa shape index (κ3) is 2.46. The highest BCUT2D eigenvalue weighted by Crippen LogP contribution is 2.32. The number of hydrogen-bond donors (Lipinski definition) is 2. The van der Waals surface area contributed by atoms with Crippen LogP contribution in [0.5, 0.6) is 0 Å². The first kappa shape index (κ1) is 10.9. The molecule has 0 aromatic heterocycles. The van der Waals surface area contributed by atoms with E-state index in [9.17, 15) is 0 Å². The molecular formula is C9H21NO. The Labute approximate surface area is 69.8 Å². The van der Waals surface area contributed by atoms with E-state index in [0.29, 0.717) is 0 Å². The van der Waals surface area contributed by atoms with Gasteiger partial charge in [0.25, 0.3) is 0 Å². The Bertz CT molecular complexity index is 97.7. The normalized spacial score (nSPS) is 15.0. The maximum absolute atomic E-state index is 8.86. The number of nitrogens with two attached hydrogens (primary N) is 1. The van der Waals surface area contributed by atoms with Gasteiger partial charge in [-0.1, -0.05) is 13.8 Å². The molecule has 0 saturated heterocycles. The molecule has 2 nitrogen and oxygen atoms in total. The van der Waals surface area contributed by atoms with Crippen LogP contribution < -0.4 is 5.73 Å². The lowest BCUT2D eigenvalue weighted by atomic mass is 9.74. The monoisotopic (exact) mass is 159 g/mol. The van der Waals surface area contributed by atoms with Crippen LogP contribution in [-0.2, 0) is 0 Å². The summed E-state index contributed by atoms with van der Waals surface area (Å²) >= 11 is 0. The van der Waals surface area contributed by atoms with E-state index in [-0.39, 0.29) is 18.1 Å². The maximum atomic E-state index is 8.86. The molecule has 0 heterocycles. The van der Waals surface area contributed by atoms with Gasteiger partial charge < -0.3 is 10.8 Å². The lowest BCUT2D eigenvalue weighted by Gasteiger charge is -2.35. The van der Waals surface area contributed by atoms with Crippen LogP contribution in [0.2, 0.25) is 0 Å². The molecule has 11 heavy (non-hydrogen) atoms. The van der Waals surface area contributed by atoms with Gasteiger partial charge in [-0.3, -0.25) is 0 Å². The molecule has 0 radical (unpaired) electrons. The fourth-order valence-electron chi connectivity index (χ4n) is 1.70. The zero-order valence-electron chi connectivity index (χ0n) is 7.93. The van der Waals surface area contributed by atoms with Gasteiger partial charge in [0.05, 0.1) is 0 Å². The van der Waals surface area contributed by atoms with Gasteiger partial charge in [0, 0.05) is 12.6 Å². The van der Waals surface area contributed by atoms with E-state index in [1.807, 2.05) is 6.92 Å². The highest BCUT2D eigenvalue weighted by atomic mass is 16.3. The summed E-state index contributed by atoms with van der Waals surface area (Å²) in [6.45, 7) is 6.57. The molecule has 1 unspecified atom stereocenters. The van der Waals surface area contributed by atoms with Crippen molar-refractivity contribution in [1.82, 2.24) is 0 Å². The fourth-order valence-corrected chi connectivity index (χ4v) is 1.70. The number of hydrogen-bond acceptors (Lipinski definition) is 2. The van der Waals surface area contributed by atoms with Crippen molar-refractivity contribution in [2.45, 2.75) is 46.1 Å². The van der Waals surface area contributed by atoms with Crippen molar-refractivity contribution in [3.05, 3.63) is 0 Å². The highest BCUT2D eigenvalue weighted by Gasteiger charge is 2.29. The van der Waals surface area contributed by atoms with Crippen molar-refractivity contribution in [2.75, 3.05) is 6.61 Å². The summed E-state index contributed by atoms with van der Waals surface area (Å²) in [6, 6.07) is 0.185. The van der Waals surface area contributed by atoms with Crippen LogP contribution in [0.4, 0.5) is 0 Å². The topological polar surface area (TPSA) is 46.2 Å². The van der Waals surface area contributed by atoms with Crippen LogP contribution in [-0.4, -0.2) is 17.8 Å². The van der Waals surface area contributed by atoms with Crippen LogP contribution in [0.3, 0.4) is 0 Å². The number of rotatable bonds is 5. The van der Waals surface area contributed by atoms with Gasteiger partial charge in [0.1, 0.15) is 0 Å². The van der Waals surface area contributed by atoms with Gasteiger partial charge in [-0.2, -0.15) is 0 Å². The second kappa shape index (κ2) is 4.73. The molecule has 0 spiro atoms. The Kier molecular flexibility index (Phi) is 4.69. The molecule has 0 fully saturated rings. The summed E-state index contributed by atoms with van der Waals surface area (Å²) in [5.41, 5.74) is 6.03. The predicted octanol–water partition coefficient (Wildman–Crippen LogP) is 1.52. The average Bonchev–Trinajstić information content (AvgIpc) is 2.00. The van der Waals surface area contributed by atoms with Crippen LogP contribution in [0.15, 0.2) is 0 Å². The van der Waals surface area contributed by atoms with E-state index in [0.717, 1.165) is 19.3 Å². The summed E-state index contributed by atoms with van der Waals surface area (Å²) < 4.78 is 0. The van der Waals surface area contributed by atoms with E-state index >= 15 is 0 Å².